The largest absolute Gasteiger partial charge is 0.331 e. The van der Waals surface area contributed by atoms with E-state index in [-0.39, 0.29) is 5.56 Å². The molecular weight excluding hydrogens is 266 g/mol. The third kappa shape index (κ3) is 2.55. The molecule has 0 unspecified atom stereocenters. The van der Waals surface area contributed by atoms with Crippen molar-refractivity contribution in [3.63, 3.8) is 0 Å². The second-order valence-electron chi connectivity index (χ2n) is 4.62. The van der Waals surface area contributed by atoms with Crippen LogP contribution >= 0.6 is 23.6 Å². The number of fused-ring (bicyclic) bond motifs is 1. The van der Waals surface area contributed by atoms with Gasteiger partial charge >= 0.3 is 0 Å². The van der Waals surface area contributed by atoms with Gasteiger partial charge in [-0.1, -0.05) is 0 Å². The van der Waals surface area contributed by atoms with Crippen molar-refractivity contribution in [2.75, 3.05) is 13.6 Å². The summed E-state index contributed by atoms with van der Waals surface area (Å²) in [6.07, 6.45) is 0. The van der Waals surface area contributed by atoms with E-state index in [0.29, 0.717) is 17.4 Å². The van der Waals surface area contributed by atoms with Crippen LogP contribution in [0.2, 0.25) is 0 Å². The Labute approximate surface area is 115 Å². The summed E-state index contributed by atoms with van der Waals surface area (Å²) in [6, 6.07) is 2.35. The van der Waals surface area contributed by atoms with Crippen LogP contribution in [0.3, 0.4) is 0 Å². The minimum Gasteiger partial charge on any atom is -0.331 e. The molecule has 2 rings (SSSR count). The van der Waals surface area contributed by atoms with E-state index in [1.165, 1.54) is 11.3 Å². The molecule has 98 valence electrons. The number of nitrogens with one attached hydrogen (secondary N) is 1. The third-order valence-corrected chi connectivity index (χ3v) is 4.37. The molecule has 0 aliphatic carbocycles. The van der Waals surface area contributed by atoms with Gasteiger partial charge in [-0.3, -0.25) is 9.36 Å². The molecule has 0 amide bonds. The Kier molecular flexibility index (Phi) is 3.99. The van der Waals surface area contributed by atoms with E-state index >= 15 is 0 Å². The fraction of sp³-hybridized carbons (Fsp3) is 0.500. The van der Waals surface area contributed by atoms with Crippen molar-refractivity contribution < 1.29 is 0 Å². The SMILES string of the molecule is CC(C)N(C)CCn1c(=S)[nH]c2ccsc2c1=O. The standard InChI is InChI=1S/C12H17N3OS2/c1-8(2)14(3)5-6-15-11(16)10-9(4-7-18-10)13-12(15)17/h4,7-8H,5-6H2,1-3H3,(H,13,17). The molecular formula is C12H17N3OS2. The first-order valence-electron chi connectivity index (χ1n) is 5.91. The Balaban J connectivity index is 2.33. The molecule has 0 fully saturated rings. The zero-order valence-corrected chi connectivity index (χ0v) is 12.4. The van der Waals surface area contributed by atoms with Crippen LogP contribution in [0.5, 0.6) is 0 Å². The van der Waals surface area contributed by atoms with Gasteiger partial charge in [-0.2, -0.15) is 0 Å². The molecule has 0 atom stereocenters. The van der Waals surface area contributed by atoms with Gasteiger partial charge in [-0.25, -0.2) is 0 Å². The van der Waals surface area contributed by atoms with Gasteiger partial charge in [0.25, 0.3) is 5.56 Å². The zero-order chi connectivity index (χ0) is 13.3. The second-order valence-corrected chi connectivity index (χ2v) is 5.93. The van der Waals surface area contributed by atoms with Gasteiger partial charge in [0.1, 0.15) is 4.70 Å². The molecule has 1 N–H and O–H groups in total. The van der Waals surface area contributed by atoms with Crippen molar-refractivity contribution in [3.8, 4) is 0 Å². The van der Waals surface area contributed by atoms with E-state index in [4.69, 9.17) is 12.2 Å². The average Bonchev–Trinajstić information content (AvgIpc) is 2.76. The van der Waals surface area contributed by atoms with Crippen LogP contribution in [-0.2, 0) is 6.54 Å². The first-order valence-corrected chi connectivity index (χ1v) is 7.20. The van der Waals surface area contributed by atoms with Gasteiger partial charge in [0.2, 0.25) is 0 Å². The normalized spacial score (nSPS) is 11.8. The molecule has 2 aromatic heterocycles. The minimum absolute atomic E-state index is 0.0147. The highest BCUT2D eigenvalue weighted by molar-refractivity contribution is 7.71. The Morgan fingerprint density at radius 1 is 1.56 bits per heavy atom. The summed E-state index contributed by atoms with van der Waals surface area (Å²) >= 11 is 6.70. The van der Waals surface area contributed by atoms with E-state index in [9.17, 15) is 4.79 Å². The lowest BCUT2D eigenvalue weighted by molar-refractivity contribution is 0.261. The smallest absolute Gasteiger partial charge is 0.272 e. The number of likely N-dealkylation sites (N-methyl/N-ethyl adjacent to an activating group) is 1. The summed E-state index contributed by atoms with van der Waals surface area (Å²) in [6.45, 7) is 5.70. The first-order chi connectivity index (χ1) is 8.50. The predicted octanol–water partition coefficient (Wildman–Crippen LogP) is 2.46. The van der Waals surface area contributed by atoms with E-state index in [1.54, 1.807) is 4.57 Å². The number of hydrogen-bond acceptors (Lipinski definition) is 4. The molecule has 0 spiro atoms. The lowest BCUT2D eigenvalue weighted by Gasteiger charge is -2.21. The molecule has 4 nitrogen and oxygen atoms in total. The van der Waals surface area contributed by atoms with Crippen LogP contribution in [0.4, 0.5) is 0 Å². The highest BCUT2D eigenvalue weighted by Gasteiger charge is 2.08. The van der Waals surface area contributed by atoms with Crippen molar-refractivity contribution in [3.05, 3.63) is 26.6 Å². The van der Waals surface area contributed by atoms with Gasteiger partial charge in [0.05, 0.1) is 5.52 Å². The van der Waals surface area contributed by atoms with E-state index in [0.717, 1.165) is 16.8 Å². The fourth-order valence-corrected chi connectivity index (χ4v) is 2.77. The van der Waals surface area contributed by atoms with Gasteiger partial charge in [0, 0.05) is 19.1 Å². The minimum atomic E-state index is 0.0147. The number of rotatable bonds is 4. The Bertz CT molecular complexity index is 653. The maximum atomic E-state index is 12.3. The number of aromatic nitrogens is 2. The summed E-state index contributed by atoms with van der Waals surface area (Å²) in [4.78, 5) is 17.6. The summed E-state index contributed by atoms with van der Waals surface area (Å²) in [7, 11) is 2.05. The molecule has 0 aliphatic heterocycles. The lowest BCUT2D eigenvalue weighted by atomic mass is 10.3. The zero-order valence-electron chi connectivity index (χ0n) is 10.8. The average molecular weight is 283 g/mol. The molecule has 0 aromatic carbocycles. The third-order valence-electron chi connectivity index (χ3n) is 3.15. The first kappa shape index (κ1) is 13.5. The molecule has 6 heteroatoms. The van der Waals surface area contributed by atoms with Crippen LogP contribution < -0.4 is 5.56 Å². The van der Waals surface area contributed by atoms with Crippen LogP contribution in [0.15, 0.2) is 16.2 Å². The van der Waals surface area contributed by atoms with E-state index in [1.807, 2.05) is 18.5 Å². The summed E-state index contributed by atoms with van der Waals surface area (Å²) in [5.74, 6) is 0. The van der Waals surface area contributed by atoms with Crippen LogP contribution in [-0.4, -0.2) is 34.1 Å². The maximum absolute atomic E-state index is 12.3. The van der Waals surface area contributed by atoms with Crippen LogP contribution in [0.1, 0.15) is 13.8 Å². The van der Waals surface area contributed by atoms with Crippen molar-refractivity contribution in [1.29, 1.82) is 0 Å². The van der Waals surface area contributed by atoms with Crippen molar-refractivity contribution in [1.82, 2.24) is 14.5 Å². The number of thiophene rings is 1. The Hall–Kier alpha value is -0.980. The molecule has 0 saturated heterocycles. The number of H-pyrrole nitrogens is 1. The lowest BCUT2D eigenvalue weighted by Crippen LogP contribution is -2.33. The van der Waals surface area contributed by atoms with E-state index in [2.05, 4.69) is 23.7 Å². The number of aromatic amines is 1. The van der Waals surface area contributed by atoms with E-state index < -0.39 is 0 Å². The van der Waals surface area contributed by atoms with Gasteiger partial charge in [-0.05, 0) is 44.6 Å². The molecule has 0 aliphatic rings. The number of hydrogen-bond donors (Lipinski definition) is 1. The Morgan fingerprint density at radius 3 is 2.94 bits per heavy atom. The summed E-state index contributed by atoms with van der Waals surface area (Å²) in [5, 5.41) is 1.90. The van der Waals surface area contributed by atoms with Gasteiger partial charge in [-0.15, -0.1) is 11.3 Å². The predicted molar refractivity (Wildman–Crippen MR) is 79.0 cm³/mol. The van der Waals surface area contributed by atoms with Crippen molar-refractivity contribution in [2.45, 2.75) is 26.4 Å². The number of nitrogens with zero attached hydrogens (tertiary/aromatic N) is 2. The molecule has 18 heavy (non-hydrogen) atoms. The van der Waals surface area contributed by atoms with Crippen molar-refractivity contribution >= 4 is 33.8 Å². The second kappa shape index (κ2) is 5.34. The highest BCUT2D eigenvalue weighted by atomic mass is 32.1. The maximum Gasteiger partial charge on any atom is 0.272 e. The van der Waals surface area contributed by atoms with Crippen LogP contribution in [0, 0.1) is 4.77 Å². The quantitative estimate of drug-likeness (QED) is 0.876. The topological polar surface area (TPSA) is 41.0 Å². The van der Waals surface area contributed by atoms with Gasteiger partial charge < -0.3 is 9.88 Å². The Morgan fingerprint density at radius 2 is 2.28 bits per heavy atom. The summed E-state index contributed by atoms with van der Waals surface area (Å²) in [5.41, 5.74) is 0.851. The molecule has 0 bridgehead atoms. The summed E-state index contributed by atoms with van der Waals surface area (Å²) < 4.78 is 2.89. The molecule has 2 heterocycles. The molecule has 0 saturated carbocycles. The highest BCUT2D eigenvalue weighted by Crippen LogP contribution is 2.13. The molecule has 2 aromatic rings. The fourth-order valence-electron chi connectivity index (χ4n) is 1.69. The molecule has 0 radical (unpaired) electrons. The van der Waals surface area contributed by atoms with Crippen molar-refractivity contribution in [2.24, 2.45) is 0 Å². The van der Waals surface area contributed by atoms with Crippen LogP contribution in [0.25, 0.3) is 10.2 Å². The van der Waals surface area contributed by atoms with Gasteiger partial charge in [0.15, 0.2) is 4.77 Å². The monoisotopic (exact) mass is 283 g/mol.